The van der Waals surface area contributed by atoms with E-state index in [4.69, 9.17) is 5.73 Å². The van der Waals surface area contributed by atoms with Gasteiger partial charge in [-0.1, -0.05) is 19.3 Å². The fraction of sp³-hybridized carbons (Fsp3) is 0.429. The summed E-state index contributed by atoms with van der Waals surface area (Å²) in [6.07, 6.45) is 10.1. The number of anilines is 2. The van der Waals surface area contributed by atoms with Crippen LogP contribution in [0.25, 0.3) is 11.1 Å². The van der Waals surface area contributed by atoms with E-state index in [0.717, 1.165) is 16.1 Å². The van der Waals surface area contributed by atoms with Crippen molar-refractivity contribution >= 4 is 22.4 Å². The molecule has 19 heavy (non-hydrogen) atoms. The van der Waals surface area contributed by atoms with Crippen molar-refractivity contribution in [2.75, 3.05) is 11.1 Å². The van der Waals surface area contributed by atoms with Crippen molar-refractivity contribution in [2.45, 2.75) is 38.1 Å². The van der Waals surface area contributed by atoms with Gasteiger partial charge in [-0.3, -0.25) is 4.98 Å². The molecule has 100 valence electrons. The van der Waals surface area contributed by atoms with Crippen LogP contribution in [0.2, 0.25) is 0 Å². The third kappa shape index (κ3) is 2.71. The standard InChI is InChI=1S/C14H18N4S/c15-13-12(10-6-8-16-9-7-10)14(19-18-13)17-11-4-2-1-3-5-11/h6-9,11,17H,1-5H2,(H2,15,18). The van der Waals surface area contributed by atoms with Gasteiger partial charge in [0.25, 0.3) is 0 Å². The van der Waals surface area contributed by atoms with Crippen LogP contribution in [0.1, 0.15) is 32.1 Å². The third-order valence-corrected chi connectivity index (χ3v) is 4.42. The van der Waals surface area contributed by atoms with Crippen molar-refractivity contribution in [1.29, 1.82) is 0 Å². The summed E-state index contributed by atoms with van der Waals surface area (Å²) in [5.41, 5.74) is 8.13. The van der Waals surface area contributed by atoms with Gasteiger partial charge in [-0.25, -0.2) is 0 Å². The predicted octanol–water partition coefficient (Wildman–Crippen LogP) is 3.53. The molecule has 1 aliphatic carbocycles. The SMILES string of the molecule is Nc1nsc(NC2CCCCC2)c1-c1ccncc1. The second-order valence-electron chi connectivity index (χ2n) is 4.99. The maximum absolute atomic E-state index is 6.02. The maximum Gasteiger partial charge on any atom is 0.147 e. The monoisotopic (exact) mass is 274 g/mol. The Hall–Kier alpha value is -1.62. The van der Waals surface area contributed by atoms with Crippen LogP contribution >= 0.6 is 11.5 Å². The number of nitrogen functional groups attached to an aromatic ring is 1. The highest BCUT2D eigenvalue weighted by atomic mass is 32.1. The van der Waals surface area contributed by atoms with E-state index in [-0.39, 0.29) is 0 Å². The van der Waals surface area contributed by atoms with Crippen LogP contribution in [0.4, 0.5) is 10.8 Å². The second kappa shape index (κ2) is 5.57. The van der Waals surface area contributed by atoms with Crippen LogP contribution in [0.3, 0.4) is 0 Å². The topological polar surface area (TPSA) is 63.8 Å². The molecule has 2 aromatic heterocycles. The first-order valence-electron chi connectivity index (χ1n) is 6.76. The summed E-state index contributed by atoms with van der Waals surface area (Å²) in [6, 6.07) is 4.52. The Balaban J connectivity index is 1.86. The highest BCUT2D eigenvalue weighted by molar-refractivity contribution is 7.11. The van der Waals surface area contributed by atoms with E-state index in [1.54, 1.807) is 12.4 Å². The zero-order chi connectivity index (χ0) is 13.1. The van der Waals surface area contributed by atoms with Crippen molar-refractivity contribution in [3.8, 4) is 11.1 Å². The molecule has 2 heterocycles. The van der Waals surface area contributed by atoms with Gasteiger partial charge in [0.05, 0.1) is 5.56 Å². The van der Waals surface area contributed by atoms with E-state index in [1.165, 1.54) is 43.6 Å². The Kier molecular flexibility index (Phi) is 3.64. The van der Waals surface area contributed by atoms with Crippen molar-refractivity contribution < 1.29 is 0 Å². The summed E-state index contributed by atoms with van der Waals surface area (Å²) in [5.74, 6) is 0.606. The lowest BCUT2D eigenvalue weighted by molar-refractivity contribution is 0.463. The van der Waals surface area contributed by atoms with Gasteiger partial charge >= 0.3 is 0 Å². The number of hydrogen-bond donors (Lipinski definition) is 2. The molecule has 1 fully saturated rings. The summed E-state index contributed by atoms with van der Waals surface area (Å²) in [5, 5.41) is 4.72. The molecule has 4 nitrogen and oxygen atoms in total. The highest BCUT2D eigenvalue weighted by Crippen LogP contribution is 2.37. The second-order valence-corrected chi connectivity index (χ2v) is 5.76. The zero-order valence-electron chi connectivity index (χ0n) is 10.8. The molecule has 0 radical (unpaired) electrons. The fourth-order valence-electron chi connectivity index (χ4n) is 2.63. The summed E-state index contributed by atoms with van der Waals surface area (Å²) in [6.45, 7) is 0. The van der Waals surface area contributed by atoms with Gasteiger partial charge in [-0.15, -0.1) is 0 Å². The lowest BCUT2D eigenvalue weighted by atomic mass is 9.95. The normalized spacial score (nSPS) is 16.4. The number of nitrogens with zero attached hydrogens (tertiary/aromatic N) is 2. The number of hydrogen-bond acceptors (Lipinski definition) is 5. The summed E-state index contributed by atoms with van der Waals surface area (Å²) < 4.78 is 4.29. The van der Waals surface area contributed by atoms with Crippen molar-refractivity contribution in [3.05, 3.63) is 24.5 Å². The van der Waals surface area contributed by atoms with Gasteiger partial charge in [-0.2, -0.15) is 4.37 Å². The Labute approximate surface area is 117 Å². The average Bonchev–Trinajstić information content (AvgIpc) is 2.82. The summed E-state index contributed by atoms with van der Waals surface area (Å²) in [4.78, 5) is 4.05. The fourth-order valence-corrected chi connectivity index (χ4v) is 3.44. The van der Waals surface area contributed by atoms with Gasteiger partial charge in [0, 0.05) is 18.4 Å². The molecule has 0 amide bonds. The maximum atomic E-state index is 6.02. The molecular weight excluding hydrogens is 256 g/mol. The van der Waals surface area contributed by atoms with Crippen LogP contribution in [0, 0.1) is 0 Å². The Bertz CT molecular complexity index is 532. The molecule has 3 rings (SSSR count). The van der Waals surface area contributed by atoms with E-state index < -0.39 is 0 Å². The Morgan fingerprint density at radius 1 is 1.16 bits per heavy atom. The molecule has 1 aliphatic rings. The van der Waals surface area contributed by atoms with Crippen molar-refractivity contribution in [2.24, 2.45) is 0 Å². The molecule has 5 heteroatoms. The molecule has 0 unspecified atom stereocenters. The smallest absolute Gasteiger partial charge is 0.147 e. The first-order valence-corrected chi connectivity index (χ1v) is 7.54. The molecule has 0 saturated heterocycles. The van der Waals surface area contributed by atoms with E-state index in [0.29, 0.717) is 11.9 Å². The molecule has 3 N–H and O–H groups in total. The van der Waals surface area contributed by atoms with E-state index in [1.807, 2.05) is 12.1 Å². The molecule has 0 aromatic carbocycles. The van der Waals surface area contributed by atoms with Gasteiger partial charge in [0.2, 0.25) is 0 Å². The minimum Gasteiger partial charge on any atom is -0.382 e. The number of rotatable bonds is 3. The van der Waals surface area contributed by atoms with Crippen LogP contribution in [0.15, 0.2) is 24.5 Å². The molecule has 0 atom stereocenters. The van der Waals surface area contributed by atoms with Crippen LogP contribution in [-0.2, 0) is 0 Å². The minimum absolute atomic E-state index is 0.564. The largest absolute Gasteiger partial charge is 0.382 e. The van der Waals surface area contributed by atoms with E-state index in [9.17, 15) is 0 Å². The summed E-state index contributed by atoms with van der Waals surface area (Å²) in [7, 11) is 0. The number of nitrogens with two attached hydrogens (primary N) is 1. The molecule has 1 saturated carbocycles. The lowest BCUT2D eigenvalue weighted by Gasteiger charge is -2.23. The molecule has 2 aromatic rings. The predicted molar refractivity (Wildman–Crippen MR) is 80.3 cm³/mol. The van der Waals surface area contributed by atoms with Crippen molar-refractivity contribution in [1.82, 2.24) is 9.36 Å². The van der Waals surface area contributed by atoms with Crippen LogP contribution < -0.4 is 11.1 Å². The average molecular weight is 274 g/mol. The Morgan fingerprint density at radius 3 is 2.63 bits per heavy atom. The highest BCUT2D eigenvalue weighted by Gasteiger charge is 2.18. The summed E-state index contributed by atoms with van der Waals surface area (Å²) >= 11 is 1.46. The first kappa shape index (κ1) is 12.4. The van der Waals surface area contributed by atoms with Crippen molar-refractivity contribution in [3.63, 3.8) is 0 Å². The van der Waals surface area contributed by atoms with Gasteiger partial charge in [0.15, 0.2) is 0 Å². The first-order chi connectivity index (χ1) is 9.34. The van der Waals surface area contributed by atoms with E-state index >= 15 is 0 Å². The molecule has 0 aliphatic heterocycles. The molecule has 0 spiro atoms. The zero-order valence-corrected chi connectivity index (χ0v) is 11.6. The third-order valence-electron chi connectivity index (χ3n) is 3.63. The van der Waals surface area contributed by atoms with Crippen LogP contribution in [-0.4, -0.2) is 15.4 Å². The number of pyridine rings is 1. The van der Waals surface area contributed by atoms with Crippen LogP contribution in [0.5, 0.6) is 0 Å². The van der Waals surface area contributed by atoms with Gasteiger partial charge in [0.1, 0.15) is 10.8 Å². The lowest BCUT2D eigenvalue weighted by Crippen LogP contribution is -2.21. The van der Waals surface area contributed by atoms with E-state index in [2.05, 4.69) is 14.7 Å². The minimum atomic E-state index is 0.564. The number of nitrogens with one attached hydrogen (secondary N) is 1. The number of aromatic nitrogens is 2. The molecular formula is C14H18N4S. The van der Waals surface area contributed by atoms with Gasteiger partial charge in [-0.05, 0) is 42.1 Å². The van der Waals surface area contributed by atoms with Gasteiger partial charge < -0.3 is 11.1 Å². The quantitative estimate of drug-likeness (QED) is 0.898. The Morgan fingerprint density at radius 2 is 1.89 bits per heavy atom. The molecule has 0 bridgehead atoms.